The van der Waals surface area contributed by atoms with Crippen LogP contribution in [-0.2, 0) is 6.18 Å². The number of alkyl halides is 3. The zero-order valence-corrected chi connectivity index (χ0v) is 12.0. The minimum atomic E-state index is -4.99. The van der Waals surface area contributed by atoms with Crippen molar-refractivity contribution < 1.29 is 17.6 Å². The van der Waals surface area contributed by atoms with Crippen molar-refractivity contribution in [2.75, 3.05) is 5.73 Å². The normalized spacial score (nSPS) is 11.0. The van der Waals surface area contributed by atoms with Crippen LogP contribution < -0.4 is 11.3 Å². The maximum absolute atomic E-state index is 14.5. The first-order chi connectivity index (χ1) is 11.1. The Bertz CT molecular complexity index is 977. The Labute approximate surface area is 132 Å². The van der Waals surface area contributed by atoms with E-state index in [2.05, 4.69) is 0 Å². The number of hydrogen-bond acceptors (Lipinski definition) is 4. The molecule has 9 heteroatoms. The number of H-pyrrole nitrogens is 1. The molecule has 0 aliphatic heterocycles. The first-order valence-corrected chi connectivity index (χ1v) is 6.36. The number of benzene rings is 1. The topological polar surface area (TPSA) is 106 Å². The maximum Gasteiger partial charge on any atom is 0.419 e. The van der Waals surface area contributed by atoms with E-state index < -0.39 is 51.2 Å². The van der Waals surface area contributed by atoms with Gasteiger partial charge in [-0.05, 0) is 12.5 Å². The second-order valence-electron chi connectivity index (χ2n) is 4.83. The number of nitrogens with zero attached hydrogens (tertiary/aromatic N) is 2. The van der Waals surface area contributed by atoms with Gasteiger partial charge in [0.2, 0.25) is 0 Å². The van der Waals surface area contributed by atoms with Crippen LogP contribution in [0.3, 0.4) is 0 Å². The molecule has 0 bridgehead atoms. The minimum Gasteiger partial charge on any atom is -0.384 e. The molecule has 1 aromatic carbocycles. The summed E-state index contributed by atoms with van der Waals surface area (Å²) in [5, 5.41) is 18.2. The highest BCUT2D eigenvalue weighted by molar-refractivity contribution is 5.81. The Balaban J connectivity index is 3.03. The summed E-state index contributed by atoms with van der Waals surface area (Å²) in [4.78, 5) is 13.8. The molecule has 0 aliphatic rings. The van der Waals surface area contributed by atoms with Gasteiger partial charge >= 0.3 is 6.18 Å². The van der Waals surface area contributed by atoms with Crippen LogP contribution in [0.25, 0.3) is 11.1 Å². The van der Waals surface area contributed by atoms with E-state index >= 15 is 0 Å². The molecule has 3 N–H and O–H groups in total. The highest BCUT2D eigenvalue weighted by Gasteiger charge is 2.37. The van der Waals surface area contributed by atoms with E-state index in [0.717, 1.165) is 19.1 Å². The third-order valence-corrected chi connectivity index (χ3v) is 3.37. The van der Waals surface area contributed by atoms with Gasteiger partial charge in [0.1, 0.15) is 34.9 Å². The van der Waals surface area contributed by atoms with Crippen molar-refractivity contribution in [1.82, 2.24) is 4.98 Å². The summed E-state index contributed by atoms with van der Waals surface area (Å²) in [6, 6.07) is 4.99. The van der Waals surface area contributed by atoms with Crippen molar-refractivity contribution in [3.8, 4) is 23.3 Å². The van der Waals surface area contributed by atoms with Gasteiger partial charge < -0.3 is 10.7 Å². The number of pyridine rings is 1. The lowest BCUT2D eigenvalue weighted by Gasteiger charge is -2.16. The van der Waals surface area contributed by atoms with Crippen LogP contribution in [0.2, 0.25) is 0 Å². The monoisotopic (exact) mass is 336 g/mol. The Morgan fingerprint density at radius 1 is 1.17 bits per heavy atom. The zero-order valence-electron chi connectivity index (χ0n) is 12.0. The number of aromatic amines is 1. The molecule has 122 valence electrons. The number of halogens is 4. The third-order valence-electron chi connectivity index (χ3n) is 3.37. The summed E-state index contributed by atoms with van der Waals surface area (Å²) in [6.07, 6.45) is -4.99. The van der Waals surface area contributed by atoms with Crippen molar-refractivity contribution >= 4 is 5.82 Å². The molecule has 0 saturated carbocycles. The number of aromatic nitrogens is 1. The van der Waals surface area contributed by atoms with E-state index in [4.69, 9.17) is 16.3 Å². The SMILES string of the molecule is Cc1ccc(-c2c(C#N)c(N)[nH]c(=O)c2C#N)c(F)c1C(F)(F)F. The van der Waals surface area contributed by atoms with E-state index in [1.807, 2.05) is 4.98 Å². The summed E-state index contributed by atoms with van der Waals surface area (Å²) in [6.45, 7) is 1.07. The Hall–Kier alpha value is -3.33. The van der Waals surface area contributed by atoms with Crippen LogP contribution in [0.15, 0.2) is 16.9 Å². The predicted molar refractivity (Wildman–Crippen MR) is 76.0 cm³/mol. The van der Waals surface area contributed by atoms with Gasteiger partial charge in [-0.15, -0.1) is 0 Å². The van der Waals surface area contributed by atoms with E-state index in [1.54, 1.807) is 6.07 Å². The standard InChI is InChI=1S/C15H8F4N4O/c1-6-2-3-7(12(16)11(6)15(17,18)19)10-8(4-20)13(22)23-14(24)9(10)5-21/h2-3H,1H3,(H3,22,23,24). The van der Waals surface area contributed by atoms with E-state index in [1.165, 1.54) is 6.07 Å². The number of anilines is 1. The number of hydrogen-bond donors (Lipinski definition) is 2. The van der Waals surface area contributed by atoms with Gasteiger partial charge in [0.15, 0.2) is 0 Å². The van der Waals surface area contributed by atoms with Crippen LogP contribution in [0, 0.1) is 35.4 Å². The maximum atomic E-state index is 14.5. The molecule has 0 amide bonds. The van der Waals surface area contributed by atoms with E-state index in [0.29, 0.717) is 0 Å². The molecule has 0 spiro atoms. The van der Waals surface area contributed by atoms with Crippen molar-refractivity contribution in [1.29, 1.82) is 10.5 Å². The molecule has 24 heavy (non-hydrogen) atoms. The number of rotatable bonds is 1. The number of nitrogen functional groups attached to an aromatic ring is 1. The van der Waals surface area contributed by atoms with E-state index in [9.17, 15) is 22.4 Å². The average molecular weight is 336 g/mol. The van der Waals surface area contributed by atoms with Crippen LogP contribution in [0.4, 0.5) is 23.4 Å². The summed E-state index contributed by atoms with van der Waals surface area (Å²) >= 11 is 0. The van der Waals surface area contributed by atoms with Crippen LogP contribution in [0.1, 0.15) is 22.3 Å². The Kier molecular flexibility index (Phi) is 4.05. The summed E-state index contributed by atoms with van der Waals surface area (Å²) in [5.41, 5.74) is 0.0806. The third kappa shape index (κ3) is 2.57. The fourth-order valence-electron chi connectivity index (χ4n) is 2.33. The average Bonchev–Trinajstić information content (AvgIpc) is 2.45. The lowest BCUT2D eigenvalue weighted by atomic mass is 9.93. The van der Waals surface area contributed by atoms with Crippen molar-refractivity contribution in [2.45, 2.75) is 13.1 Å². The van der Waals surface area contributed by atoms with Crippen molar-refractivity contribution in [3.05, 3.63) is 50.6 Å². The molecule has 5 nitrogen and oxygen atoms in total. The molecule has 0 radical (unpaired) electrons. The van der Waals surface area contributed by atoms with Crippen LogP contribution in [0.5, 0.6) is 0 Å². The lowest BCUT2D eigenvalue weighted by molar-refractivity contribution is -0.140. The largest absolute Gasteiger partial charge is 0.419 e. The smallest absolute Gasteiger partial charge is 0.384 e. The fourth-order valence-corrected chi connectivity index (χ4v) is 2.33. The second-order valence-corrected chi connectivity index (χ2v) is 4.83. The molecular formula is C15H8F4N4O. The van der Waals surface area contributed by atoms with Crippen LogP contribution in [-0.4, -0.2) is 4.98 Å². The van der Waals surface area contributed by atoms with Gasteiger partial charge in [-0.25, -0.2) is 4.39 Å². The number of nitrogens with one attached hydrogen (secondary N) is 1. The Morgan fingerprint density at radius 3 is 2.25 bits per heavy atom. The molecule has 0 fully saturated rings. The molecule has 2 rings (SSSR count). The molecule has 0 saturated heterocycles. The molecule has 0 aliphatic carbocycles. The fraction of sp³-hybridized carbons (Fsp3) is 0.133. The highest BCUT2D eigenvalue weighted by atomic mass is 19.4. The van der Waals surface area contributed by atoms with Crippen LogP contribution >= 0.6 is 0 Å². The van der Waals surface area contributed by atoms with E-state index in [-0.39, 0.29) is 5.56 Å². The molecular weight excluding hydrogens is 328 g/mol. The molecule has 2 aromatic rings. The first kappa shape index (κ1) is 17.0. The van der Waals surface area contributed by atoms with Gasteiger partial charge in [0.25, 0.3) is 5.56 Å². The molecule has 1 aromatic heterocycles. The van der Waals surface area contributed by atoms with Gasteiger partial charge in [0.05, 0.1) is 5.56 Å². The molecule has 0 atom stereocenters. The molecule has 1 heterocycles. The second kappa shape index (κ2) is 5.70. The highest BCUT2D eigenvalue weighted by Crippen LogP contribution is 2.39. The Morgan fingerprint density at radius 2 is 1.75 bits per heavy atom. The molecule has 0 unspecified atom stereocenters. The quantitative estimate of drug-likeness (QED) is 0.781. The number of aryl methyl sites for hydroxylation is 1. The summed E-state index contributed by atoms with van der Waals surface area (Å²) < 4.78 is 53.7. The van der Waals surface area contributed by atoms with Gasteiger partial charge in [0, 0.05) is 11.1 Å². The van der Waals surface area contributed by atoms with Gasteiger partial charge in [-0.1, -0.05) is 12.1 Å². The van der Waals surface area contributed by atoms with Crippen molar-refractivity contribution in [3.63, 3.8) is 0 Å². The van der Waals surface area contributed by atoms with Gasteiger partial charge in [-0.2, -0.15) is 23.7 Å². The number of nitrogens with two attached hydrogens (primary N) is 1. The van der Waals surface area contributed by atoms with Gasteiger partial charge in [-0.3, -0.25) is 4.79 Å². The van der Waals surface area contributed by atoms with Crippen molar-refractivity contribution in [2.24, 2.45) is 0 Å². The minimum absolute atomic E-state index is 0.376. The number of nitriles is 2. The summed E-state index contributed by atoms with van der Waals surface area (Å²) in [7, 11) is 0. The lowest BCUT2D eigenvalue weighted by Crippen LogP contribution is -2.18. The predicted octanol–water partition coefficient (Wildman–Crippen LogP) is 2.83. The zero-order chi connectivity index (χ0) is 18.2. The summed E-state index contributed by atoms with van der Waals surface area (Å²) in [5.74, 6) is -2.15. The first-order valence-electron chi connectivity index (χ1n) is 6.36.